The van der Waals surface area contributed by atoms with Crippen LogP contribution in [0.3, 0.4) is 0 Å². The van der Waals surface area contributed by atoms with Crippen LogP contribution in [-0.2, 0) is 0 Å². The molecule has 0 bridgehead atoms. The van der Waals surface area contributed by atoms with Gasteiger partial charge in [0.2, 0.25) is 0 Å². The van der Waals surface area contributed by atoms with Gasteiger partial charge in [-0.25, -0.2) is 15.0 Å². The second-order valence-electron chi connectivity index (χ2n) is 13.2. The fraction of sp³-hybridized carbons (Fsp3) is 0. The summed E-state index contributed by atoms with van der Waals surface area (Å²) in [5, 5.41) is 4.76. The number of pyridine rings is 1. The first kappa shape index (κ1) is 31.0. The van der Waals surface area contributed by atoms with Crippen molar-refractivity contribution in [2.45, 2.75) is 0 Å². The van der Waals surface area contributed by atoms with Gasteiger partial charge in [-0.1, -0.05) is 170 Å². The Labute approximate surface area is 311 Å². The van der Waals surface area contributed by atoms with Crippen LogP contribution in [0, 0.1) is 0 Å². The van der Waals surface area contributed by atoms with E-state index in [1.165, 1.54) is 36.9 Å². The monoisotopic (exact) mass is 693 g/mol. The molecule has 0 atom stereocenters. The van der Waals surface area contributed by atoms with Gasteiger partial charge in [-0.3, -0.25) is 0 Å². The molecule has 0 amide bonds. The van der Waals surface area contributed by atoms with Gasteiger partial charge in [0, 0.05) is 48.2 Å². The molecule has 0 unspecified atom stereocenters. The second kappa shape index (κ2) is 13.1. The number of thiophene rings is 1. The minimum Gasteiger partial charge on any atom is -0.247 e. The quantitative estimate of drug-likeness (QED) is 0.174. The Hall–Kier alpha value is -6.75. The Bertz CT molecular complexity index is 2870. The summed E-state index contributed by atoms with van der Waals surface area (Å²) in [5.41, 5.74) is 11.5. The molecule has 0 spiro atoms. The molecule has 248 valence electrons. The lowest BCUT2D eigenvalue weighted by Gasteiger charge is -2.13. The van der Waals surface area contributed by atoms with Crippen LogP contribution >= 0.6 is 11.3 Å². The zero-order valence-corrected chi connectivity index (χ0v) is 29.5. The van der Waals surface area contributed by atoms with Gasteiger partial charge in [-0.15, -0.1) is 11.3 Å². The van der Waals surface area contributed by atoms with Gasteiger partial charge < -0.3 is 0 Å². The minimum absolute atomic E-state index is 0.704. The Morgan fingerprint density at radius 2 is 0.962 bits per heavy atom. The van der Waals surface area contributed by atoms with Crippen molar-refractivity contribution in [2.24, 2.45) is 0 Å². The van der Waals surface area contributed by atoms with Gasteiger partial charge in [-0.2, -0.15) is 0 Å². The number of benzene rings is 7. The molecular formula is C49H31N3S. The normalized spacial score (nSPS) is 11.4. The highest BCUT2D eigenvalue weighted by Gasteiger charge is 2.24. The van der Waals surface area contributed by atoms with E-state index in [0.29, 0.717) is 5.82 Å². The Kier molecular flexibility index (Phi) is 7.67. The summed E-state index contributed by atoms with van der Waals surface area (Å²) in [6, 6.07) is 66.0. The molecule has 53 heavy (non-hydrogen) atoms. The molecule has 3 nitrogen and oxygen atoms in total. The van der Waals surface area contributed by atoms with Crippen molar-refractivity contribution >= 4 is 43.1 Å². The maximum atomic E-state index is 5.38. The van der Waals surface area contributed by atoms with Crippen LogP contribution in [0.2, 0.25) is 0 Å². The van der Waals surface area contributed by atoms with Crippen molar-refractivity contribution in [1.82, 2.24) is 15.0 Å². The number of nitrogens with zero attached hydrogens (tertiary/aromatic N) is 3. The highest BCUT2D eigenvalue weighted by molar-refractivity contribution is 7.24. The Morgan fingerprint density at radius 1 is 0.396 bits per heavy atom. The third-order valence-corrected chi connectivity index (χ3v) is 11.2. The Morgan fingerprint density at radius 3 is 1.74 bits per heavy atom. The molecule has 0 radical (unpaired) electrons. The highest BCUT2D eigenvalue weighted by Crippen LogP contribution is 2.51. The largest absolute Gasteiger partial charge is 0.247 e. The molecule has 7 aromatic carbocycles. The van der Waals surface area contributed by atoms with E-state index < -0.39 is 0 Å². The zero-order chi connectivity index (χ0) is 35.1. The van der Waals surface area contributed by atoms with E-state index in [1.54, 1.807) is 0 Å². The fourth-order valence-corrected chi connectivity index (χ4v) is 8.73. The molecular weight excluding hydrogens is 663 g/mol. The average molecular weight is 694 g/mol. The fourth-order valence-electron chi connectivity index (χ4n) is 7.38. The molecule has 0 aliphatic carbocycles. The van der Waals surface area contributed by atoms with Crippen molar-refractivity contribution in [1.29, 1.82) is 0 Å². The van der Waals surface area contributed by atoms with Gasteiger partial charge in [0.25, 0.3) is 0 Å². The molecule has 0 N–H and O–H groups in total. The molecule has 0 fully saturated rings. The Balaban J connectivity index is 1.26. The van der Waals surface area contributed by atoms with Crippen LogP contribution in [0.4, 0.5) is 0 Å². The van der Waals surface area contributed by atoms with E-state index >= 15 is 0 Å². The van der Waals surface area contributed by atoms with E-state index in [0.717, 1.165) is 55.8 Å². The maximum Gasteiger partial charge on any atom is 0.160 e. The average Bonchev–Trinajstić information content (AvgIpc) is 3.65. The summed E-state index contributed by atoms with van der Waals surface area (Å²) in [5.74, 6) is 0.704. The predicted octanol–water partition coefficient (Wildman–Crippen LogP) is 13.4. The number of rotatable bonds is 6. The zero-order valence-electron chi connectivity index (χ0n) is 28.6. The first-order valence-electron chi connectivity index (χ1n) is 17.8. The van der Waals surface area contributed by atoms with Crippen LogP contribution in [-0.4, -0.2) is 15.0 Å². The topological polar surface area (TPSA) is 38.7 Å². The maximum absolute atomic E-state index is 5.38. The molecule has 10 rings (SSSR count). The minimum atomic E-state index is 0.704. The highest BCUT2D eigenvalue weighted by atomic mass is 32.1. The molecule has 3 heterocycles. The first-order chi connectivity index (χ1) is 26.3. The van der Waals surface area contributed by atoms with Crippen molar-refractivity contribution in [3.8, 4) is 66.7 Å². The number of aromatic nitrogens is 3. The van der Waals surface area contributed by atoms with Crippen molar-refractivity contribution in [2.75, 3.05) is 0 Å². The molecule has 4 heteroatoms. The molecule has 0 saturated carbocycles. The number of para-hydroxylation sites is 1. The standard InChI is InChI=1S/C49H31N3S/c1-4-17-33(18-5-1)42-31-43(52-49(51-42)35-21-8-3-9-22-35)36-24-14-25-37(30-36)47-44(39-28-15-23-32-16-10-11-26-38(32)39)45-46(34-19-6-2-7-20-34)50-41-29-13-12-27-40(41)48(45)53-47/h1-31H. The summed E-state index contributed by atoms with van der Waals surface area (Å²) in [4.78, 5) is 16.8. The third kappa shape index (κ3) is 5.57. The SMILES string of the molecule is c1ccc(-c2cc(-c3cccc(-c4sc5c(c(-c6ccccc6)nc6ccccc65)c4-c4cccc5ccccc45)c3)nc(-c3ccccc3)n2)cc1. The summed E-state index contributed by atoms with van der Waals surface area (Å²) in [7, 11) is 0. The molecule has 3 aromatic heterocycles. The van der Waals surface area contributed by atoms with E-state index in [-0.39, 0.29) is 0 Å². The van der Waals surface area contributed by atoms with Crippen LogP contribution in [0.1, 0.15) is 0 Å². The summed E-state index contributed by atoms with van der Waals surface area (Å²) in [6.45, 7) is 0. The van der Waals surface area contributed by atoms with Gasteiger partial charge >= 0.3 is 0 Å². The van der Waals surface area contributed by atoms with Crippen LogP contribution in [0.25, 0.3) is 98.5 Å². The summed E-state index contributed by atoms with van der Waals surface area (Å²) >= 11 is 1.85. The summed E-state index contributed by atoms with van der Waals surface area (Å²) in [6.07, 6.45) is 0. The molecule has 10 aromatic rings. The first-order valence-corrected chi connectivity index (χ1v) is 18.6. The molecule has 0 aliphatic heterocycles. The van der Waals surface area contributed by atoms with Crippen molar-refractivity contribution in [3.63, 3.8) is 0 Å². The second-order valence-corrected chi connectivity index (χ2v) is 14.2. The number of hydrogen-bond acceptors (Lipinski definition) is 4. The van der Waals surface area contributed by atoms with Crippen LogP contribution in [0.15, 0.2) is 188 Å². The van der Waals surface area contributed by atoms with E-state index in [2.05, 4.69) is 164 Å². The van der Waals surface area contributed by atoms with Crippen molar-refractivity contribution in [3.05, 3.63) is 188 Å². The van der Waals surface area contributed by atoms with Crippen LogP contribution < -0.4 is 0 Å². The van der Waals surface area contributed by atoms with Gasteiger partial charge in [0.05, 0.1) is 22.6 Å². The third-order valence-electron chi connectivity index (χ3n) is 9.88. The van der Waals surface area contributed by atoms with Gasteiger partial charge in [0.1, 0.15) is 0 Å². The lowest BCUT2D eigenvalue weighted by Crippen LogP contribution is -1.96. The van der Waals surface area contributed by atoms with Crippen LogP contribution in [0.5, 0.6) is 0 Å². The predicted molar refractivity (Wildman–Crippen MR) is 223 cm³/mol. The summed E-state index contributed by atoms with van der Waals surface area (Å²) < 4.78 is 1.23. The number of fused-ring (bicyclic) bond motifs is 4. The lowest BCUT2D eigenvalue weighted by atomic mass is 9.91. The molecule has 0 aliphatic rings. The van der Waals surface area contributed by atoms with E-state index in [9.17, 15) is 0 Å². The van der Waals surface area contributed by atoms with Gasteiger partial charge in [0.15, 0.2) is 5.82 Å². The van der Waals surface area contributed by atoms with E-state index in [4.69, 9.17) is 15.0 Å². The smallest absolute Gasteiger partial charge is 0.160 e. The number of hydrogen-bond donors (Lipinski definition) is 0. The van der Waals surface area contributed by atoms with E-state index in [1.807, 2.05) is 35.6 Å². The van der Waals surface area contributed by atoms with Gasteiger partial charge in [-0.05, 0) is 40.1 Å². The lowest BCUT2D eigenvalue weighted by molar-refractivity contribution is 1.18. The molecule has 0 saturated heterocycles. The van der Waals surface area contributed by atoms with Crippen molar-refractivity contribution < 1.29 is 0 Å².